The number of nitrogens with one attached hydrogen (secondary N) is 3. The van der Waals surface area contributed by atoms with Crippen LogP contribution in [-0.4, -0.2) is 11.9 Å². The third-order valence-electron chi connectivity index (χ3n) is 5.30. The molecule has 3 amide bonds. The lowest BCUT2D eigenvalue weighted by atomic mass is 9.92. The van der Waals surface area contributed by atoms with E-state index in [1.807, 2.05) is 56.3 Å². The van der Waals surface area contributed by atoms with E-state index in [1.54, 1.807) is 6.92 Å². The molecule has 2 aromatic rings. The van der Waals surface area contributed by atoms with Gasteiger partial charge in [0.25, 0.3) is 5.91 Å². The summed E-state index contributed by atoms with van der Waals surface area (Å²) in [6.45, 7) is 10.0. The van der Waals surface area contributed by atoms with Crippen LogP contribution in [0.5, 0.6) is 0 Å². The Labute approximate surface area is 166 Å². The molecular formula is C23H27N3O2. The zero-order valence-electron chi connectivity index (χ0n) is 17.0. The van der Waals surface area contributed by atoms with Crippen LogP contribution in [0.4, 0.5) is 10.5 Å². The molecular weight excluding hydrogens is 350 g/mol. The van der Waals surface area contributed by atoms with E-state index in [1.165, 1.54) is 5.56 Å². The van der Waals surface area contributed by atoms with Crippen molar-refractivity contribution in [1.29, 1.82) is 0 Å². The summed E-state index contributed by atoms with van der Waals surface area (Å²) in [5.74, 6) is 0.192. The third kappa shape index (κ3) is 3.93. The maximum atomic E-state index is 13.1. The number of urea groups is 1. The molecule has 3 rings (SSSR count). The summed E-state index contributed by atoms with van der Waals surface area (Å²) < 4.78 is 0. The quantitative estimate of drug-likeness (QED) is 0.723. The van der Waals surface area contributed by atoms with Gasteiger partial charge in [0.15, 0.2) is 0 Å². The molecule has 0 saturated carbocycles. The van der Waals surface area contributed by atoms with Gasteiger partial charge >= 0.3 is 6.03 Å². The number of carbonyl (C=O) groups is 2. The molecule has 2 aromatic carbocycles. The molecule has 1 atom stereocenters. The number of carbonyl (C=O) groups excluding carboxylic acids is 2. The highest BCUT2D eigenvalue weighted by Gasteiger charge is 2.31. The Balaban J connectivity index is 1.95. The lowest BCUT2D eigenvalue weighted by molar-refractivity contribution is -0.113. The minimum Gasteiger partial charge on any atom is -0.327 e. The Kier molecular flexibility index (Phi) is 5.54. The van der Waals surface area contributed by atoms with Gasteiger partial charge in [-0.1, -0.05) is 50.2 Å². The van der Waals surface area contributed by atoms with Crippen molar-refractivity contribution in [2.45, 2.75) is 46.6 Å². The van der Waals surface area contributed by atoms with Crippen LogP contribution >= 0.6 is 0 Å². The van der Waals surface area contributed by atoms with E-state index < -0.39 is 6.04 Å². The zero-order valence-corrected chi connectivity index (χ0v) is 17.0. The first kappa shape index (κ1) is 19.7. The highest BCUT2D eigenvalue weighted by Crippen LogP contribution is 2.29. The van der Waals surface area contributed by atoms with Crippen molar-refractivity contribution >= 4 is 17.6 Å². The summed E-state index contributed by atoms with van der Waals surface area (Å²) in [5, 5.41) is 8.61. The standard InChI is InChI=1S/C23H27N3O2/c1-13(2)17-9-11-18(12-10-17)21-20(16(5)24-23(28)26-21)22(27)25-19-8-6-7-14(3)15(19)4/h6-13,21H,1-5H3,(H,25,27)(H2,24,26,28). The highest BCUT2D eigenvalue weighted by molar-refractivity contribution is 6.07. The molecule has 0 bridgehead atoms. The molecule has 3 N–H and O–H groups in total. The smallest absolute Gasteiger partial charge is 0.319 e. The van der Waals surface area contributed by atoms with Crippen molar-refractivity contribution in [3.05, 3.63) is 76.0 Å². The molecule has 1 aliphatic heterocycles. The SMILES string of the molecule is CC1=C(C(=O)Nc2cccc(C)c2C)C(c2ccc(C(C)C)cc2)NC(=O)N1. The summed E-state index contributed by atoms with van der Waals surface area (Å²) >= 11 is 0. The van der Waals surface area contributed by atoms with Crippen LogP contribution in [0.1, 0.15) is 55.0 Å². The normalized spacial score (nSPS) is 16.6. The summed E-state index contributed by atoms with van der Waals surface area (Å²) in [6, 6.07) is 13.1. The number of aryl methyl sites for hydroxylation is 1. The Morgan fingerprint density at radius 2 is 1.71 bits per heavy atom. The van der Waals surface area contributed by atoms with E-state index in [0.717, 1.165) is 22.4 Å². The monoisotopic (exact) mass is 377 g/mol. The second kappa shape index (κ2) is 7.89. The molecule has 1 unspecified atom stereocenters. The average molecular weight is 377 g/mol. The molecule has 146 valence electrons. The van der Waals surface area contributed by atoms with Crippen LogP contribution in [0.3, 0.4) is 0 Å². The number of benzene rings is 2. The van der Waals surface area contributed by atoms with Crippen LogP contribution in [0, 0.1) is 13.8 Å². The van der Waals surface area contributed by atoms with Crippen LogP contribution in [0.15, 0.2) is 53.7 Å². The number of amides is 3. The number of hydrogen-bond donors (Lipinski definition) is 3. The molecule has 1 aliphatic rings. The van der Waals surface area contributed by atoms with Gasteiger partial charge in [0.2, 0.25) is 0 Å². The van der Waals surface area contributed by atoms with Crippen LogP contribution in [-0.2, 0) is 4.79 Å². The summed E-state index contributed by atoms with van der Waals surface area (Å²) in [7, 11) is 0. The molecule has 0 saturated heterocycles. The van der Waals surface area contributed by atoms with Crippen molar-refractivity contribution in [3.63, 3.8) is 0 Å². The van der Waals surface area contributed by atoms with Gasteiger partial charge in [-0.15, -0.1) is 0 Å². The van der Waals surface area contributed by atoms with Gasteiger partial charge in [-0.3, -0.25) is 4.79 Å². The van der Waals surface area contributed by atoms with Crippen molar-refractivity contribution < 1.29 is 9.59 Å². The largest absolute Gasteiger partial charge is 0.327 e. The van der Waals surface area contributed by atoms with Crippen LogP contribution in [0.2, 0.25) is 0 Å². The predicted molar refractivity (Wildman–Crippen MR) is 112 cm³/mol. The first-order valence-electron chi connectivity index (χ1n) is 9.53. The minimum atomic E-state index is -0.500. The highest BCUT2D eigenvalue weighted by atomic mass is 16.2. The van der Waals surface area contributed by atoms with Gasteiger partial charge in [0.1, 0.15) is 0 Å². The average Bonchev–Trinajstić information content (AvgIpc) is 2.64. The second-order valence-electron chi connectivity index (χ2n) is 7.59. The Morgan fingerprint density at radius 3 is 2.36 bits per heavy atom. The van der Waals surface area contributed by atoms with Crippen molar-refractivity contribution in [3.8, 4) is 0 Å². The number of hydrogen-bond acceptors (Lipinski definition) is 2. The number of allylic oxidation sites excluding steroid dienone is 1. The fourth-order valence-electron chi connectivity index (χ4n) is 3.39. The van der Waals surface area contributed by atoms with E-state index >= 15 is 0 Å². The Morgan fingerprint density at radius 1 is 1.04 bits per heavy atom. The summed E-state index contributed by atoms with van der Waals surface area (Å²) in [6.07, 6.45) is 0. The molecule has 0 spiro atoms. The topological polar surface area (TPSA) is 70.2 Å². The van der Waals surface area contributed by atoms with Crippen molar-refractivity contribution in [2.24, 2.45) is 0 Å². The van der Waals surface area contributed by atoms with Gasteiger partial charge in [-0.2, -0.15) is 0 Å². The minimum absolute atomic E-state index is 0.225. The molecule has 0 radical (unpaired) electrons. The Hall–Kier alpha value is -3.08. The maximum Gasteiger partial charge on any atom is 0.319 e. The van der Waals surface area contributed by atoms with E-state index in [4.69, 9.17) is 0 Å². The molecule has 0 aliphatic carbocycles. The molecule has 5 heteroatoms. The molecule has 0 aromatic heterocycles. The third-order valence-corrected chi connectivity index (χ3v) is 5.30. The van der Waals surface area contributed by atoms with Gasteiger partial charge in [0.05, 0.1) is 11.6 Å². The van der Waals surface area contributed by atoms with E-state index in [9.17, 15) is 9.59 Å². The number of rotatable bonds is 4. The molecule has 0 fully saturated rings. The van der Waals surface area contributed by atoms with Gasteiger partial charge in [0, 0.05) is 11.4 Å². The fraction of sp³-hybridized carbons (Fsp3) is 0.304. The van der Waals surface area contributed by atoms with E-state index in [2.05, 4.69) is 29.8 Å². The maximum absolute atomic E-state index is 13.1. The van der Waals surface area contributed by atoms with Crippen LogP contribution in [0.25, 0.3) is 0 Å². The lowest BCUT2D eigenvalue weighted by Crippen LogP contribution is -2.46. The fourth-order valence-corrected chi connectivity index (χ4v) is 3.39. The summed E-state index contributed by atoms with van der Waals surface area (Å²) in [5.41, 5.74) is 6.08. The molecule has 28 heavy (non-hydrogen) atoms. The van der Waals surface area contributed by atoms with Crippen LogP contribution < -0.4 is 16.0 Å². The number of anilines is 1. The first-order valence-corrected chi connectivity index (χ1v) is 9.53. The van der Waals surface area contributed by atoms with Crippen molar-refractivity contribution in [1.82, 2.24) is 10.6 Å². The first-order chi connectivity index (χ1) is 13.3. The lowest BCUT2D eigenvalue weighted by Gasteiger charge is -2.29. The van der Waals surface area contributed by atoms with Gasteiger partial charge in [-0.05, 0) is 55.0 Å². The van der Waals surface area contributed by atoms with Gasteiger partial charge < -0.3 is 16.0 Å². The molecule has 1 heterocycles. The predicted octanol–water partition coefficient (Wildman–Crippen LogP) is 4.69. The van der Waals surface area contributed by atoms with Crippen molar-refractivity contribution in [2.75, 3.05) is 5.32 Å². The second-order valence-corrected chi connectivity index (χ2v) is 7.59. The molecule has 5 nitrogen and oxygen atoms in total. The Bertz CT molecular complexity index is 943. The van der Waals surface area contributed by atoms with Gasteiger partial charge in [-0.25, -0.2) is 4.79 Å². The van der Waals surface area contributed by atoms with E-state index in [-0.39, 0.29) is 11.9 Å². The summed E-state index contributed by atoms with van der Waals surface area (Å²) in [4.78, 5) is 25.2. The zero-order chi connectivity index (χ0) is 20.4. The van der Waals surface area contributed by atoms with E-state index in [0.29, 0.717) is 17.2 Å².